The molecule has 0 saturated carbocycles. The number of ether oxygens (including phenoxy) is 1. The largest absolute Gasteiger partial charge is 0.495 e. The van der Waals surface area contributed by atoms with E-state index < -0.39 is 0 Å². The molecule has 0 bridgehead atoms. The summed E-state index contributed by atoms with van der Waals surface area (Å²) >= 11 is 3.27. The van der Waals surface area contributed by atoms with Crippen LogP contribution in [0.5, 0.6) is 5.75 Å². The molecule has 0 aliphatic heterocycles. The predicted octanol–water partition coefficient (Wildman–Crippen LogP) is 2.69. The van der Waals surface area contributed by atoms with E-state index in [1.54, 1.807) is 30.5 Å². The van der Waals surface area contributed by atoms with Gasteiger partial charge in [-0.15, -0.1) is 0 Å². The highest BCUT2D eigenvalue weighted by molar-refractivity contribution is 9.10. The van der Waals surface area contributed by atoms with Crippen LogP contribution in [-0.2, 0) is 0 Å². The number of amides is 1. The van der Waals surface area contributed by atoms with E-state index >= 15 is 0 Å². The Hall–Kier alpha value is -2.08. The molecule has 0 aliphatic rings. The average molecular weight is 322 g/mol. The zero-order chi connectivity index (χ0) is 13.8. The minimum absolute atomic E-state index is 0.249. The number of methoxy groups -OCH3 is 1. The first-order chi connectivity index (χ1) is 9.10. The van der Waals surface area contributed by atoms with Gasteiger partial charge >= 0.3 is 0 Å². The molecule has 19 heavy (non-hydrogen) atoms. The third kappa shape index (κ3) is 3.23. The summed E-state index contributed by atoms with van der Waals surface area (Å²) in [6.45, 7) is 0. The van der Waals surface area contributed by atoms with Gasteiger partial charge in [0.1, 0.15) is 5.75 Å². The van der Waals surface area contributed by atoms with Crippen molar-refractivity contribution >= 4 is 33.2 Å². The summed E-state index contributed by atoms with van der Waals surface area (Å²) in [7, 11) is 1.52. The molecule has 3 N–H and O–H groups in total. The van der Waals surface area contributed by atoms with Gasteiger partial charge in [-0.3, -0.25) is 9.78 Å². The lowest BCUT2D eigenvalue weighted by atomic mass is 10.2. The van der Waals surface area contributed by atoms with Gasteiger partial charge in [0.05, 0.1) is 18.4 Å². The van der Waals surface area contributed by atoms with Crippen LogP contribution in [0.2, 0.25) is 0 Å². The normalized spacial score (nSPS) is 10.0. The summed E-state index contributed by atoms with van der Waals surface area (Å²) in [6.07, 6.45) is 3.11. The molecule has 0 fully saturated rings. The third-order valence-electron chi connectivity index (χ3n) is 2.46. The predicted molar refractivity (Wildman–Crippen MR) is 77.3 cm³/mol. The van der Waals surface area contributed by atoms with Crippen LogP contribution in [0.25, 0.3) is 0 Å². The van der Waals surface area contributed by atoms with Crippen molar-refractivity contribution in [3.63, 3.8) is 0 Å². The Kier molecular flexibility index (Phi) is 4.01. The zero-order valence-electron chi connectivity index (χ0n) is 10.2. The molecule has 2 rings (SSSR count). The van der Waals surface area contributed by atoms with Crippen LogP contribution in [0.15, 0.2) is 41.1 Å². The number of carbonyl (C=O) groups is 1. The van der Waals surface area contributed by atoms with Gasteiger partial charge < -0.3 is 15.8 Å². The summed E-state index contributed by atoms with van der Waals surface area (Å²) in [4.78, 5) is 15.9. The van der Waals surface area contributed by atoms with Gasteiger partial charge in [0.15, 0.2) is 0 Å². The molecule has 0 unspecified atom stereocenters. The van der Waals surface area contributed by atoms with E-state index in [4.69, 9.17) is 10.5 Å². The second-order valence-corrected chi connectivity index (χ2v) is 4.72. The van der Waals surface area contributed by atoms with Gasteiger partial charge in [-0.2, -0.15) is 0 Å². The van der Waals surface area contributed by atoms with Crippen molar-refractivity contribution in [1.82, 2.24) is 4.98 Å². The van der Waals surface area contributed by atoms with E-state index in [0.717, 1.165) is 4.47 Å². The lowest BCUT2D eigenvalue weighted by molar-refractivity contribution is 0.102. The van der Waals surface area contributed by atoms with Crippen molar-refractivity contribution in [2.75, 3.05) is 18.2 Å². The number of halogens is 1. The van der Waals surface area contributed by atoms with Crippen LogP contribution in [0, 0.1) is 0 Å². The van der Waals surface area contributed by atoms with E-state index in [-0.39, 0.29) is 5.91 Å². The number of hydrogen-bond acceptors (Lipinski definition) is 4. The van der Waals surface area contributed by atoms with Crippen molar-refractivity contribution in [2.45, 2.75) is 0 Å². The van der Waals surface area contributed by atoms with Gasteiger partial charge in [0, 0.05) is 28.6 Å². The third-order valence-corrected chi connectivity index (χ3v) is 2.89. The van der Waals surface area contributed by atoms with E-state index in [9.17, 15) is 4.79 Å². The zero-order valence-corrected chi connectivity index (χ0v) is 11.8. The summed E-state index contributed by atoms with van der Waals surface area (Å²) in [6, 6.07) is 6.74. The topological polar surface area (TPSA) is 77.2 Å². The number of benzene rings is 1. The number of hydrogen-bond donors (Lipinski definition) is 2. The maximum atomic E-state index is 12.0. The SMILES string of the molecule is COc1cc(NC(=O)c2cncc(Br)c2)ccc1N. The second kappa shape index (κ2) is 5.71. The minimum Gasteiger partial charge on any atom is -0.495 e. The molecule has 0 atom stereocenters. The molecular weight excluding hydrogens is 310 g/mol. The Bertz CT molecular complexity index is 617. The molecule has 1 aromatic carbocycles. The van der Waals surface area contributed by atoms with Crippen LogP contribution < -0.4 is 15.8 Å². The lowest BCUT2D eigenvalue weighted by Gasteiger charge is -2.09. The van der Waals surface area contributed by atoms with E-state index in [2.05, 4.69) is 26.2 Å². The Morgan fingerprint density at radius 2 is 2.16 bits per heavy atom. The highest BCUT2D eigenvalue weighted by atomic mass is 79.9. The van der Waals surface area contributed by atoms with Crippen molar-refractivity contribution in [3.8, 4) is 5.75 Å². The molecule has 2 aromatic rings. The maximum Gasteiger partial charge on any atom is 0.257 e. The molecule has 0 spiro atoms. The molecule has 1 amide bonds. The quantitative estimate of drug-likeness (QED) is 0.852. The first-order valence-electron chi connectivity index (χ1n) is 5.45. The van der Waals surface area contributed by atoms with Gasteiger partial charge in [-0.25, -0.2) is 0 Å². The molecule has 5 nitrogen and oxygen atoms in total. The summed E-state index contributed by atoms with van der Waals surface area (Å²) in [5.74, 6) is 0.269. The number of nitrogens with zero attached hydrogens (tertiary/aromatic N) is 1. The van der Waals surface area contributed by atoms with E-state index in [1.807, 2.05) is 0 Å². The average Bonchev–Trinajstić information content (AvgIpc) is 2.41. The maximum absolute atomic E-state index is 12.0. The Morgan fingerprint density at radius 3 is 2.84 bits per heavy atom. The fourth-order valence-electron chi connectivity index (χ4n) is 1.53. The number of carbonyl (C=O) groups excluding carboxylic acids is 1. The van der Waals surface area contributed by atoms with Crippen molar-refractivity contribution in [3.05, 3.63) is 46.7 Å². The number of nitrogens with one attached hydrogen (secondary N) is 1. The summed E-state index contributed by atoms with van der Waals surface area (Å²) < 4.78 is 5.84. The summed E-state index contributed by atoms with van der Waals surface area (Å²) in [5.41, 5.74) is 7.30. The smallest absolute Gasteiger partial charge is 0.257 e. The standard InChI is InChI=1S/C13H12BrN3O2/c1-19-12-5-10(2-3-11(12)15)17-13(18)8-4-9(14)7-16-6-8/h2-7H,15H2,1H3,(H,17,18). The van der Waals surface area contributed by atoms with Gasteiger partial charge in [0.2, 0.25) is 0 Å². The monoisotopic (exact) mass is 321 g/mol. The van der Waals surface area contributed by atoms with Crippen LogP contribution in [-0.4, -0.2) is 18.0 Å². The first-order valence-corrected chi connectivity index (χ1v) is 6.25. The van der Waals surface area contributed by atoms with Crippen LogP contribution in [0.4, 0.5) is 11.4 Å². The summed E-state index contributed by atoms with van der Waals surface area (Å²) in [5, 5.41) is 2.75. The highest BCUT2D eigenvalue weighted by Gasteiger charge is 2.08. The van der Waals surface area contributed by atoms with Gasteiger partial charge in [-0.1, -0.05) is 0 Å². The Morgan fingerprint density at radius 1 is 1.37 bits per heavy atom. The fourth-order valence-corrected chi connectivity index (χ4v) is 1.89. The fraction of sp³-hybridized carbons (Fsp3) is 0.0769. The molecule has 1 aromatic heterocycles. The molecule has 1 heterocycles. The molecule has 6 heteroatoms. The number of nitrogen functional groups attached to an aromatic ring is 1. The molecule has 0 aliphatic carbocycles. The van der Waals surface area contributed by atoms with Crippen LogP contribution in [0.3, 0.4) is 0 Å². The number of pyridine rings is 1. The number of aromatic nitrogens is 1. The Balaban J connectivity index is 2.19. The molecule has 0 saturated heterocycles. The number of rotatable bonds is 3. The lowest BCUT2D eigenvalue weighted by Crippen LogP contribution is -2.12. The Labute approximate surface area is 118 Å². The second-order valence-electron chi connectivity index (χ2n) is 3.80. The molecular formula is C13H12BrN3O2. The van der Waals surface area contributed by atoms with Gasteiger partial charge in [0.25, 0.3) is 5.91 Å². The van der Waals surface area contributed by atoms with Gasteiger partial charge in [-0.05, 0) is 34.1 Å². The van der Waals surface area contributed by atoms with Crippen molar-refractivity contribution < 1.29 is 9.53 Å². The van der Waals surface area contributed by atoms with E-state index in [0.29, 0.717) is 22.7 Å². The number of anilines is 2. The minimum atomic E-state index is -0.249. The van der Waals surface area contributed by atoms with Crippen LogP contribution in [0.1, 0.15) is 10.4 Å². The van der Waals surface area contributed by atoms with Crippen molar-refractivity contribution in [1.29, 1.82) is 0 Å². The first kappa shape index (κ1) is 13.4. The number of nitrogens with two attached hydrogens (primary N) is 1. The van der Waals surface area contributed by atoms with E-state index in [1.165, 1.54) is 13.3 Å². The molecule has 98 valence electrons. The van der Waals surface area contributed by atoms with Crippen LogP contribution >= 0.6 is 15.9 Å². The van der Waals surface area contributed by atoms with Crippen molar-refractivity contribution in [2.24, 2.45) is 0 Å². The highest BCUT2D eigenvalue weighted by Crippen LogP contribution is 2.25. The molecule has 0 radical (unpaired) electrons.